The summed E-state index contributed by atoms with van der Waals surface area (Å²) in [5.74, 6) is -3.03. The second kappa shape index (κ2) is 7.48. The molecule has 3 aromatic rings. The number of thiazole rings is 1. The number of hydrogen-bond acceptors (Lipinski definition) is 6. The lowest BCUT2D eigenvalue weighted by Gasteiger charge is -2.15. The zero-order valence-corrected chi connectivity index (χ0v) is 14.9. The molecule has 0 aliphatic carbocycles. The summed E-state index contributed by atoms with van der Waals surface area (Å²) in [6, 6.07) is 3.68. The van der Waals surface area contributed by atoms with Crippen molar-refractivity contribution in [3.8, 4) is 5.75 Å². The van der Waals surface area contributed by atoms with Crippen molar-refractivity contribution in [2.45, 2.75) is 19.8 Å². The molecule has 0 aliphatic heterocycles. The van der Waals surface area contributed by atoms with E-state index in [2.05, 4.69) is 9.97 Å². The van der Waals surface area contributed by atoms with E-state index in [0.717, 1.165) is 19.1 Å². The monoisotopic (exact) mass is 399 g/mol. The molecule has 1 atom stereocenters. The number of halogens is 3. The molecule has 2 aromatic heterocycles. The Bertz CT molecular complexity index is 983. The van der Waals surface area contributed by atoms with Crippen LogP contribution < -0.4 is 10.1 Å². The lowest BCUT2D eigenvalue weighted by atomic mass is 10.1. The molecule has 3 rings (SSSR count). The summed E-state index contributed by atoms with van der Waals surface area (Å²) in [6.07, 6.45) is -0.341. The number of aliphatic hydroxyl groups excluding tert-OH is 1. The lowest BCUT2D eigenvalue weighted by molar-refractivity contribution is -0.122. The minimum absolute atomic E-state index is 0.0864. The highest BCUT2D eigenvalue weighted by molar-refractivity contribution is 7.18. The van der Waals surface area contributed by atoms with Crippen molar-refractivity contribution >= 4 is 39.2 Å². The zero-order valence-electron chi connectivity index (χ0n) is 13.3. The van der Waals surface area contributed by atoms with Crippen LogP contribution >= 0.6 is 22.9 Å². The second-order valence-corrected chi connectivity index (χ2v) is 6.75. The van der Waals surface area contributed by atoms with Gasteiger partial charge < -0.3 is 15.2 Å². The minimum Gasteiger partial charge on any atom is -0.483 e. The number of amides is 1. The first-order valence-corrected chi connectivity index (χ1v) is 8.51. The predicted octanol–water partition coefficient (Wildman–Crippen LogP) is 3.33. The van der Waals surface area contributed by atoms with Crippen LogP contribution in [0.5, 0.6) is 5.75 Å². The van der Waals surface area contributed by atoms with Gasteiger partial charge >= 0.3 is 0 Å². The molecule has 0 fully saturated rings. The highest BCUT2D eigenvalue weighted by Gasteiger charge is 2.22. The first kappa shape index (κ1) is 18.4. The molecule has 2 heterocycles. The molecule has 0 radical (unpaired) electrons. The molecule has 2 N–H and O–H groups in total. The van der Waals surface area contributed by atoms with E-state index in [-0.39, 0.29) is 12.4 Å². The maximum atomic E-state index is 14.5. The number of aromatic nitrogens is 2. The molecule has 1 amide bonds. The number of nitrogens with zero attached hydrogens (tertiary/aromatic N) is 2. The van der Waals surface area contributed by atoms with E-state index in [1.165, 1.54) is 17.5 Å². The minimum atomic E-state index is -1.83. The summed E-state index contributed by atoms with van der Waals surface area (Å²) >= 11 is 7.10. The fraction of sp³-hybridized carbons (Fsp3) is 0.188. The van der Waals surface area contributed by atoms with Gasteiger partial charge in [0.2, 0.25) is 5.91 Å². The van der Waals surface area contributed by atoms with Gasteiger partial charge in [-0.25, -0.2) is 18.7 Å². The average molecular weight is 400 g/mol. The first-order chi connectivity index (χ1) is 12.3. The van der Waals surface area contributed by atoms with E-state index in [0.29, 0.717) is 20.4 Å². The molecule has 0 aliphatic rings. The van der Waals surface area contributed by atoms with Crippen LogP contribution in [0, 0.1) is 11.6 Å². The van der Waals surface area contributed by atoms with E-state index in [1.807, 2.05) is 5.32 Å². The number of rotatable bonds is 5. The summed E-state index contributed by atoms with van der Waals surface area (Å²) in [4.78, 5) is 20.0. The Balaban J connectivity index is 1.81. The number of aliphatic hydroxyl groups is 1. The maximum Gasteiger partial charge on any atom is 0.219 e. The van der Waals surface area contributed by atoms with Gasteiger partial charge in [0.25, 0.3) is 0 Å². The van der Waals surface area contributed by atoms with Crippen molar-refractivity contribution in [2.24, 2.45) is 0 Å². The van der Waals surface area contributed by atoms with Crippen LogP contribution in [0.3, 0.4) is 0 Å². The Morgan fingerprint density at radius 2 is 2.23 bits per heavy atom. The van der Waals surface area contributed by atoms with E-state index in [1.54, 1.807) is 6.07 Å². The quantitative estimate of drug-likeness (QED) is 0.643. The summed E-state index contributed by atoms with van der Waals surface area (Å²) in [6.45, 7) is 1.03. The van der Waals surface area contributed by atoms with E-state index >= 15 is 0 Å². The van der Waals surface area contributed by atoms with Gasteiger partial charge in [-0.3, -0.25) is 4.79 Å². The van der Waals surface area contributed by atoms with Crippen molar-refractivity contribution in [1.82, 2.24) is 15.3 Å². The molecular formula is C16H12ClF2N3O3S. The maximum absolute atomic E-state index is 14.5. The summed E-state index contributed by atoms with van der Waals surface area (Å²) in [5.41, 5.74) is -0.113. The van der Waals surface area contributed by atoms with Crippen LogP contribution in [-0.2, 0) is 11.4 Å². The fourth-order valence-electron chi connectivity index (χ4n) is 2.22. The molecule has 0 saturated carbocycles. The molecule has 1 aromatic carbocycles. The van der Waals surface area contributed by atoms with E-state index in [9.17, 15) is 18.7 Å². The van der Waals surface area contributed by atoms with Crippen LogP contribution in [0.4, 0.5) is 8.78 Å². The standard InChI is InChI=1S/C16H12ClF2N3O3S/c1-7(23)21-15(24)13-9(18)2-3-11(14(13)19)25-6-12-22-10-4-8(17)5-20-16(10)26-12/h2-5,15,24H,6H2,1H3,(H,21,23). The fourth-order valence-corrected chi connectivity index (χ4v) is 3.17. The van der Waals surface area contributed by atoms with Gasteiger partial charge in [-0.05, 0) is 18.2 Å². The van der Waals surface area contributed by atoms with E-state index < -0.39 is 29.3 Å². The van der Waals surface area contributed by atoms with Crippen LogP contribution in [-0.4, -0.2) is 21.0 Å². The predicted molar refractivity (Wildman–Crippen MR) is 91.9 cm³/mol. The Hall–Kier alpha value is -2.36. The van der Waals surface area contributed by atoms with E-state index in [4.69, 9.17) is 16.3 Å². The van der Waals surface area contributed by atoms with Gasteiger partial charge in [-0.15, -0.1) is 0 Å². The summed E-state index contributed by atoms with van der Waals surface area (Å²) in [5, 5.41) is 12.8. The largest absolute Gasteiger partial charge is 0.483 e. The summed E-state index contributed by atoms with van der Waals surface area (Å²) in [7, 11) is 0. The number of fused-ring (bicyclic) bond motifs is 1. The number of carbonyl (C=O) groups is 1. The third-order valence-corrected chi connectivity index (χ3v) is 4.47. The van der Waals surface area contributed by atoms with Crippen LogP contribution in [0.1, 0.15) is 23.7 Å². The van der Waals surface area contributed by atoms with Crippen molar-refractivity contribution < 1.29 is 23.4 Å². The van der Waals surface area contributed by atoms with Crippen LogP contribution in [0.25, 0.3) is 10.3 Å². The van der Waals surface area contributed by atoms with Gasteiger partial charge in [-0.1, -0.05) is 22.9 Å². The van der Waals surface area contributed by atoms with Crippen LogP contribution in [0.15, 0.2) is 24.4 Å². The molecular weight excluding hydrogens is 388 g/mol. The lowest BCUT2D eigenvalue weighted by Crippen LogP contribution is -2.27. The SMILES string of the molecule is CC(=O)NC(O)c1c(F)ccc(OCc2nc3cc(Cl)cnc3s2)c1F. The third-order valence-electron chi connectivity index (χ3n) is 3.31. The molecule has 0 bridgehead atoms. The normalized spacial score (nSPS) is 12.2. The van der Waals surface area contributed by atoms with Crippen LogP contribution in [0.2, 0.25) is 5.02 Å². The molecule has 0 spiro atoms. The first-order valence-electron chi connectivity index (χ1n) is 7.32. The smallest absolute Gasteiger partial charge is 0.219 e. The number of benzene rings is 1. The summed E-state index contributed by atoms with van der Waals surface area (Å²) < 4.78 is 33.7. The zero-order chi connectivity index (χ0) is 18.8. The van der Waals surface area contributed by atoms with Crippen molar-refractivity contribution in [3.05, 3.63) is 51.6 Å². The molecule has 1 unspecified atom stereocenters. The Morgan fingerprint density at radius 1 is 1.46 bits per heavy atom. The van der Waals surface area contributed by atoms with Gasteiger partial charge in [0.15, 0.2) is 17.8 Å². The second-order valence-electron chi connectivity index (χ2n) is 5.25. The Kier molecular flexibility index (Phi) is 5.30. The van der Waals surface area contributed by atoms with Crippen molar-refractivity contribution in [3.63, 3.8) is 0 Å². The topological polar surface area (TPSA) is 84.3 Å². The molecule has 136 valence electrons. The molecule has 10 heteroatoms. The number of ether oxygens (including phenoxy) is 1. The molecule has 6 nitrogen and oxygen atoms in total. The highest BCUT2D eigenvalue weighted by atomic mass is 35.5. The van der Waals surface area contributed by atoms with Gasteiger partial charge in [0.1, 0.15) is 27.8 Å². The average Bonchev–Trinajstić information content (AvgIpc) is 2.95. The Morgan fingerprint density at radius 3 is 2.96 bits per heavy atom. The third kappa shape index (κ3) is 3.90. The number of nitrogens with one attached hydrogen (secondary N) is 1. The van der Waals surface area contributed by atoms with Gasteiger partial charge in [0.05, 0.1) is 10.6 Å². The number of carbonyl (C=O) groups excluding carboxylic acids is 1. The number of hydrogen-bond donors (Lipinski definition) is 2. The molecule has 0 saturated heterocycles. The molecule has 26 heavy (non-hydrogen) atoms. The van der Waals surface area contributed by atoms with Crippen molar-refractivity contribution in [1.29, 1.82) is 0 Å². The highest BCUT2D eigenvalue weighted by Crippen LogP contribution is 2.29. The van der Waals surface area contributed by atoms with Crippen molar-refractivity contribution in [2.75, 3.05) is 0 Å². The number of pyridine rings is 1. The Labute approximate surface area is 155 Å². The van der Waals surface area contributed by atoms with Gasteiger partial charge in [0, 0.05) is 13.1 Å². The van der Waals surface area contributed by atoms with Gasteiger partial charge in [-0.2, -0.15) is 0 Å².